The highest BCUT2D eigenvalue weighted by molar-refractivity contribution is 9.10. The van der Waals surface area contributed by atoms with Gasteiger partial charge < -0.3 is 15.8 Å². The molecular weight excluding hydrogens is 299 g/mol. The first-order chi connectivity index (χ1) is 8.63. The molecule has 0 saturated heterocycles. The van der Waals surface area contributed by atoms with Gasteiger partial charge in [-0.2, -0.15) is 0 Å². The Balaban J connectivity index is 2.40. The first-order valence-corrected chi connectivity index (χ1v) is 6.06. The summed E-state index contributed by atoms with van der Waals surface area (Å²) in [6.07, 6.45) is 0. The maximum atomic E-state index is 13.7. The number of anilines is 3. The van der Waals surface area contributed by atoms with E-state index in [0.717, 1.165) is 0 Å². The predicted molar refractivity (Wildman–Crippen MR) is 74.8 cm³/mol. The first kappa shape index (κ1) is 12.7. The van der Waals surface area contributed by atoms with Crippen LogP contribution in [-0.4, -0.2) is 7.11 Å². The van der Waals surface area contributed by atoms with Crippen molar-refractivity contribution < 1.29 is 9.13 Å². The van der Waals surface area contributed by atoms with Gasteiger partial charge in [0.2, 0.25) is 0 Å². The maximum Gasteiger partial charge on any atom is 0.147 e. The van der Waals surface area contributed by atoms with E-state index in [0.29, 0.717) is 27.3 Å². The third-order valence-electron chi connectivity index (χ3n) is 2.51. The number of nitrogen functional groups attached to an aromatic ring is 1. The van der Waals surface area contributed by atoms with Crippen LogP contribution in [0.25, 0.3) is 0 Å². The lowest BCUT2D eigenvalue weighted by Crippen LogP contribution is -2.00. The molecule has 94 valence electrons. The van der Waals surface area contributed by atoms with Crippen molar-refractivity contribution in [2.45, 2.75) is 0 Å². The number of rotatable bonds is 3. The third-order valence-corrected chi connectivity index (χ3v) is 3.17. The van der Waals surface area contributed by atoms with Crippen LogP contribution in [0.3, 0.4) is 0 Å². The fraction of sp³-hybridized carbons (Fsp3) is 0.0769. The van der Waals surface area contributed by atoms with E-state index in [-0.39, 0.29) is 5.82 Å². The van der Waals surface area contributed by atoms with Crippen molar-refractivity contribution in [3.05, 3.63) is 46.7 Å². The Kier molecular flexibility index (Phi) is 3.72. The summed E-state index contributed by atoms with van der Waals surface area (Å²) in [6.45, 7) is 0. The lowest BCUT2D eigenvalue weighted by Gasteiger charge is -2.13. The molecule has 0 fully saturated rings. The third kappa shape index (κ3) is 2.41. The zero-order chi connectivity index (χ0) is 13.1. The Morgan fingerprint density at radius 2 is 1.94 bits per heavy atom. The topological polar surface area (TPSA) is 47.3 Å². The van der Waals surface area contributed by atoms with Crippen LogP contribution in [0.2, 0.25) is 0 Å². The molecular formula is C13H12BrFN2O. The normalized spacial score (nSPS) is 10.2. The molecule has 0 aliphatic heterocycles. The quantitative estimate of drug-likeness (QED) is 0.845. The Bertz CT molecular complexity index is 555. The van der Waals surface area contributed by atoms with Crippen molar-refractivity contribution in [1.29, 1.82) is 0 Å². The van der Waals surface area contributed by atoms with Gasteiger partial charge in [0, 0.05) is 4.47 Å². The largest absolute Gasteiger partial charge is 0.495 e. The highest BCUT2D eigenvalue weighted by Gasteiger charge is 2.10. The van der Waals surface area contributed by atoms with Gasteiger partial charge in [0.15, 0.2) is 0 Å². The smallest absolute Gasteiger partial charge is 0.147 e. The molecule has 0 radical (unpaired) electrons. The standard InChI is InChI=1S/C13H12BrFN2O/c1-18-11-7-3-6-10(12(11)16)17-13-8(14)4-2-5-9(13)15/h2-7,17H,16H2,1H3. The van der Waals surface area contributed by atoms with Crippen molar-refractivity contribution >= 4 is 33.0 Å². The minimum Gasteiger partial charge on any atom is -0.495 e. The van der Waals surface area contributed by atoms with Gasteiger partial charge in [-0.1, -0.05) is 12.1 Å². The van der Waals surface area contributed by atoms with E-state index in [2.05, 4.69) is 21.2 Å². The molecule has 2 aromatic carbocycles. The number of para-hydroxylation sites is 2. The average molecular weight is 311 g/mol. The summed E-state index contributed by atoms with van der Waals surface area (Å²) < 4.78 is 19.4. The van der Waals surface area contributed by atoms with Crippen LogP contribution in [0.5, 0.6) is 5.75 Å². The van der Waals surface area contributed by atoms with Crippen LogP contribution in [0, 0.1) is 5.82 Å². The first-order valence-electron chi connectivity index (χ1n) is 5.27. The lowest BCUT2D eigenvalue weighted by atomic mass is 10.2. The van der Waals surface area contributed by atoms with Gasteiger partial charge in [0.05, 0.1) is 24.2 Å². The number of hydrogen-bond donors (Lipinski definition) is 2. The SMILES string of the molecule is COc1cccc(Nc2c(F)cccc2Br)c1N. The second-order valence-electron chi connectivity index (χ2n) is 3.64. The summed E-state index contributed by atoms with van der Waals surface area (Å²) in [5.41, 5.74) is 7.30. The monoisotopic (exact) mass is 310 g/mol. The second-order valence-corrected chi connectivity index (χ2v) is 4.50. The maximum absolute atomic E-state index is 13.7. The van der Waals surface area contributed by atoms with Crippen LogP contribution in [0.4, 0.5) is 21.5 Å². The molecule has 18 heavy (non-hydrogen) atoms. The van der Waals surface area contributed by atoms with Gasteiger partial charge in [-0.15, -0.1) is 0 Å². The molecule has 3 nitrogen and oxygen atoms in total. The summed E-state index contributed by atoms with van der Waals surface area (Å²) in [7, 11) is 1.54. The van der Waals surface area contributed by atoms with Crippen LogP contribution in [0.1, 0.15) is 0 Å². The Morgan fingerprint density at radius 3 is 2.61 bits per heavy atom. The summed E-state index contributed by atoms with van der Waals surface area (Å²) in [4.78, 5) is 0. The van der Waals surface area contributed by atoms with Crippen molar-refractivity contribution in [2.75, 3.05) is 18.2 Å². The fourth-order valence-electron chi connectivity index (χ4n) is 1.58. The highest BCUT2D eigenvalue weighted by Crippen LogP contribution is 2.34. The molecule has 0 aliphatic carbocycles. The van der Waals surface area contributed by atoms with Gasteiger partial charge in [-0.25, -0.2) is 4.39 Å². The number of nitrogens with two attached hydrogens (primary N) is 1. The molecule has 0 aromatic heterocycles. The van der Waals surface area contributed by atoms with Crippen molar-refractivity contribution in [3.63, 3.8) is 0 Å². The molecule has 5 heteroatoms. The van der Waals surface area contributed by atoms with Gasteiger partial charge in [0.25, 0.3) is 0 Å². The van der Waals surface area contributed by atoms with Gasteiger partial charge >= 0.3 is 0 Å². The van der Waals surface area contributed by atoms with E-state index in [1.54, 1.807) is 30.3 Å². The Hall–Kier alpha value is -1.75. The zero-order valence-electron chi connectivity index (χ0n) is 9.71. The number of hydrogen-bond acceptors (Lipinski definition) is 3. The predicted octanol–water partition coefficient (Wildman–Crippen LogP) is 3.92. The number of benzene rings is 2. The van der Waals surface area contributed by atoms with Crippen LogP contribution >= 0.6 is 15.9 Å². The van der Waals surface area contributed by atoms with E-state index in [4.69, 9.17) is 10.5 Å². The molecule has 0 bridgehead atoms. The van der Waals surface area contributed by atoms with E-state index in [9.17, 15) is 4.39 Å². The number of ether oxygens (including phenoxy) is 1. The molecule has 2 rings (SSSR count). The molecule has 0 spiro atoms. The Morgan fingerprint density at radius 1 is 1.22 bits per heavy atom. The minimum absolute atomic E-state index is 0.345. The summed E-state index contributed by atoms with van der Waals surface area (Å²) in [5.74, 6) is 0.194. The molecule has 0 amide bonds. The van der Waals surface area contributed by atoms with Gasteiger partial charge in [0.1, 0.15) is 11.6 Å². The van der Waals surface area contributed by atoms with Crippen LogP contribution < -0.4 is 15.8 Å². The number of methoxy groups -OCH3 is 1. The van der Waals surface area contributed by atoms with Gasteiger partial charge in [-0.3, -0.25) is 0 Å². The molecule has 0 unspecified atom stereocenters. The Labute approximate surface area is 113 Å². The number of nitrogens with one attached hydrogen (secondary N) is 1. The molecule has 2 aromatic rings. The van der Waals surface area contributed by atoms with Crippen LogP contribution in [0.15, 0.2) is 40.9 Å². The van der Waals surface area contributed by atoms with Crippen LogP contribution in [-0.2, 0) is 0 Å². The second kappa shape index (κ2) is 5.27. The van der Waals surface area contributed by atoms with E-state index in [1.165, 1.54) is 13.2 Å². The fourth-order valence-corrected chi connectivity index (χ4v) is 2.02. The van der Waals surface area contributed by atoms with Crippen molar-refractivity contribution in [3.8, 4) is 5.75 Å². The van der Waals surface area contributed by atoms with E-state index < -0.39 is 0 Å². The van der Waals surface area contributed by atoms with Gasteiger partial charge in [-0.05, 0) is 40.2 Å². The van der Waals surface area contributed by atoms with E-state index in [1.807, 2.05) is 0 Å². The number of halogens is 2. The molecule has 3 N–H and O–H groups in total. The van der Waals surface area contributed by atoms with Crippen molar-refractivity contribution in [1.82, 2.24) is 0 Å². The minimum atomic E-state index is -0.355. The molecule has 0 saturated carbocycles. The summed E-state index contributed by atoms with van der Waals surface area (Å²) in [5, 5.41) is 2.96. The summed E-state index contributed by atoms with van der Waals surface area (Å²) in [6, 6.07) is 10.0. The van der Waals surface area contributed by atoms with Crippen molar-refractivity contribution in [2.24, 2.45) is 0 Å². The highest BCUT2D eigenvalue weighted by atomic mass is 79.9. The molecule has 0 atom stereocenters. The zero-order valence-corrected chi connectivity index (χ0v) is 11.3. The average Bonchev–Trinajstić information content (AvgIpc) is 2.36. The molecule has 0 heterocycles. The summed E-state index contributed by atoms with van der Waals surface area (Å²) >= 11 is 3.29. The molecule has 0 aliphatic rings. The lowest BCUT2D eigenvalue weighted by molar-refractivity contribution is 0.417. The van der Waals surface area contributed by atoms with E-state index >= 15 is 0 Å².